The normalized spacial score (nSPS) is 13.9. The van der Waals surface area contributed by atoms with E-state index in [1.165, 1.54) is 0 Å². The van der Waals surface area contributed by atoms with Crippen LogP contribution in [-0.4, -0.2) is 25.8 Å². The Morgan fingerprint density at radius 2 is 2.12 bits per heavy atom. The second-order valence-electron chi connectivity index (χ2n) is 5.91. The van der Waals surface area contributed by atoms with Crippen molar-refractivity contribution in [3.05, 3.63) is 53.7 Å². The second-order valence-corrected chi connectivity index (χ2v) is 5.91. The lowest BCUT2D eigenvalue weighted by Crippen LogP contribution is -2.25. The lowest BCUT2D eigenvalue weighted by atomic mass is 10.2. The third-order valence-corrected chi connectivity index (χ3v) is 4.03. The molecule has 1 amide bonds. The van der Waals surface area contributed by atoms with Gasteiger partial charge in [0.2, 0.25) is 11.7 Å². The van der Waals surface area contributed by atoms with E-state index in [0.717, 1.165) is 24.1 Å². The summed E-state index contributed by atoms with van der Waals surface area (Å²) in [6.45, 7) is 0.183. The van der Waals surface area contributed by atoms with Crippen LogP contribution < -0.4 is 5.32 Å². The molecule has 7 nitrogen and oxygen atoms in total. The summed E-state index contributed by atoms with van der Waals surface area (Å²) in [7, 11) is 1.78. The molecule has 0 spiro atoms. The van der Waals surface area contributed by atoms with Gasteiger partial charge in [0, 0.05) is 18.5 Å². The lowest BCUT2D eigenvalue weighted by molar-refractivity contribution is 0.0937. The van der Waals surface area contributed by atoms with Crippen molar-refractivity contribution in [1.29, 1.82) is 0 Å². The monoisotopic (exact) mass is 323 g/mol. The molecule has 1 aliphatic rings. The summed E-state index contributed by atoms with van der Waals surface area (Å²) < 4.78 is 6.81. The maximum absolute atomic E-state index is 12.3. The van der Waals surface area contributed by atoms with Crippen molar-refractivity contribution < 1.29 is 9.32 Å². The molecule has 24 heavy (non-hydrogen) atoms. The van der Waals surface area contributed by atoms with E-state index >= 15 is 0 Å². The van der Waals surface area contributed by atoms with Gasteiger partial charge in [0.1, 0.15) is 5.69 Å². The number of aryl methyl sites for hydroxylation is 1. The standard InChI is InChI=1S/C17H17N5O2/c1-22-14(9-13(20-22)11-7-8-11)17(23)18-10-15-19-16(21-24-15)12-5-3-2-4-6-12/h2-6,9,11H,7-8,10H2,1H3,(H,18,23). The molecule has 0 aliphatic heterocycles. The Bertz CT molecular complexity index is 864. The Balaban J connectivity index is 1.41. The molecular weight excluding hydrogens is 306 g/mol. The van der Waals surface area contributed by atoms with Crippen LogP contribution >= 0.6 is 0 Å². The highest BCUT2D eigenvalue weighted by molar-refractivity contribution is 5.92. The lowest BCUT2D eigenvalue weighted by Gasteiger charge is -2.01. The van der Waals surface area contributed by atoms with Crippen molar-refractivity contribution in [3.63, 3.8) is 0 Å². The van der Waals surface area contributed by atoms with Crippen molar-refractivity contribution in [2.45, 2.75) is 25.3 Å². The first-order valence-electron chi connectivity index (χ1n) is 7.91. The first kappa shape index (κ1) is 14.6. The Kier molecular flexibility index (Phi) is 3.60. The predicted octanol–water partition coefficient (Wildman–Crippen LogP) is 2.28. The van der Waals surface area contributed by atoms with Crippen molar-refractivity contribution in [2.24, 2.45) is 7.05 Å². The van der Waals surface area contributed by atoms with Gasteiger partial charge in [-0.1, -0.05) is 35.5 Å². The molecule has 0 unspecified atom stereocenters. The minimum atomic E-state index is -0.198. The molecule has 2 heterocycles. The largest absolute Gasteiger partial charge is 0.342 e. The van der Waals surface area contributed by atoms with Gasteiger partial charge in [0.15, 0.2) is 0 Å². The number of aromatic nitrogens is 4. The molecule has 0 radical (unpaired) electrons. The topological polar surface area (TPSA) is 85.8 Å². The van der Waals surface area contributed by atoms with Crippen LogP contribution in [0.3, 0.4) is 0 Å². The molecule has 2 aromatic heterocycles. The number of benzene rings is 1. The van der Waals surface area contributed by atoms with Gasteiger partial charge in [-0.25, -0.2) is 0 Å². The van der Waals surface area contributed by atoms with E-state index in [2.05, 4.69) is 20.6 Å². The fourth-order valence-electron chi connectivity index (χ4n) is 2.56. The van der Waals surface area contributed by atoms with E-state index in [9.17, 15) is 4.79 Å². The maximum atomic E-state index is 12.3. The summed E-state index contributed by atoms with van der Waals surface area (Å²) in [6, 6.07) is 11.4. The zero-order valence-electron chi connectivity index (χ0n) is 13.3. The molecule has 1 aromatic carbocycles. The number of rotatable bonds is 5. The highest BCUT2D eigenvalue weighted by atomic mass is 16.5. The van der Waals surface area contributed by atoms with E-state index in [1.54, 1.807) is 11.7 Å². The molecule has 4 rings (SSSR count). The first-order chi connectivity index (χ1) is 11.7. The van der Waals surface area contributed by atoms with Gasteiger partial charge in [0.05, 0.1) is 12.2 Å². The number of amides is 1. The van der Waals surface area contributed by atoms with Crippen LogP contribution in [0.2, 0.25) is 0 Å². The van der Waals surface area contributed by atoms with Crippen molar-refractivity contribution in [3.8, 4) is 11.4 Å². The van der Waals surface area contributed by atoms with E-state index in [-0.39, 0.29) is 12.5 Å². The van der Waals surface area contributed by atoms with Gasteiger partial charge in [-0.05, 0) is 18.9 Å². The molecule has 0 bridgehead atoms. The van der Waals surface area contributed by atoms with Crippen LogP contribution in [-0.2, 0) is 13.6 Å². The van der Waals surface area contributed by atoms with E-state index in [4.69, 9.17) is 4.52 Å². The van der Waals surface area contributed by atoms with Crippen LogP contribution in [0.4, 0.5) is 0 Å². The molecule has 1 N–H and O–H groups in total. The number of nitrogens with one attached hydrogen (secondary N) is 1. The van der Waals surface area contributed by atoms with Crippen LogP contribution in [0.1, 0.15) is 40.8 Å². The summed E-state index contributed by atoms with van der Waals surface area (Å²) in [4.78, 5) is 16.6. The summed E-state index contributed by atoms with van der Waals surface area (Å²) >= 11 is 0. The molecule has 1 fully saturated rings. The summed E-state index contributed by atoms with van der Waals surface area (Å²) in [6.07, 6.45) is 2.31. The molecule has 0 saturated heterocycles. The first-order valence-corrected chi connectivity index (χ1v) is 7.91. The maximum Gasteiger partial charge on any atom is 0.269 e. The average Bonchev–Trinajstić information content (AvgIpc) is 3.22. The van der Waals surface area contributed by atoms with Crippen LogP contribution in [0.25, 0.3) is 11.4 Å². The van der Waals surface area contributed by atoms with E-state index in [0.29, 0.717) is 23.3 Å². The SMILES string of the molecule is Cn1nc(C2CC2)cc1C(=O)NCc1nc(-c2ccccc2)no1. The number of carbonyl (C=O) groups is 1. The number of hydrogen-bond donors (Lipinski definition) is 1. The third-order valence-electron chi connectivity index (χ3n) is 4.03. The van der Waals surface area contributed by atoms with Gasteiger partial charge in [-0.15, -0.1) is 0 Å². The van der Waals surface area contributed by atoms with Crippen molar-refractivity contribution in [1.82, 2.24) is 25.2 Å². The average molecular weight is 323 g/mol. The van der Waals surface area contributed by atoms with Crippen LogP contribution in [0, 0.1) is 0 Å². The smallest absolute Gasteiger partial charge is 0.269 e. The Hall–Kier alpha value is -2.96. The summed E-state index contributed by atoms with van der Waals surface area (Å²) in [5, 5.41) is 11.1. The van der Waals surface area contributed by atoms with Gasteiger partial charge < -0.3 is 9.84 Å². The van der Waals surface area contributed by atoms with E-state index < -0.39 is 0 Å². The summed E-state index contributed by atoms with van der Waals surface area (Å²) in [5.74, 6) is 1.20. The van der Waals surface area contributed by atoms with Crippen LogP contribution in [0.15, 0.2) is 40.9 Å². The Labute approximate surface area is 138 Å². The van der Waals surface area contributed by atoms with Gasteiger partial charge in [-0.2, -0.15) is 10.1 Å². The second kappa shape index (κ2) is 5.92. The fraction of sp³-hybridized carbons (Fsp3) is 0.294. The van der Waals surface area contributed by atoms with Crippen molar-refractivity contribution in [2.75, 3.05) is 0 Å². The minimum Gasteiger partial charge on any atom is -0.342 e. The molecular formula is C17H17N5O2. The predicted molar refractivity (Wildman–Crippen MR) is 86.1 cm³/mol. The number of carbonyl (C=O) groups excluding carboxylic acids is 1. The molecule has 3 aromatic rings. The Morgan fingerprint density at radius 3 is 2.88 bits per heavy atom. The highest BCUT2D eigenvalue weighted by Crippen LogP contribution is 2.39. The summed E-state index contributed by atoms with van der Waals surface area (Å²) in [5.41, 5.74) is 2.41. The zero-order valence-corrected chi connectivity index (χ0v) is 13.3. The molecule has 1 saturated carbocycles. The third kappa shape index (κ3) is 2.92. The highest BCUT2D eigenvalue weighted by Gasteiger charge is 2.28. The molecule has 1 aliphatic carbocycles. The molecule has 122 valence electrons. The Morgan fingerprint density at radius 1 is 1.33 bits per heavy atom. The van der Waals surface area contributed by atoms with Crippen molar-refractivity contribution >= 4 is 5.91 Å². The van der Waals surface area contributed by atoms with E-state index in [1.807, 2.05) is 36.4 Å². The van der Waals surface area contributed by atoms with Crippen LogP contribution in [0.5, 0.6) is 0 Å². The minimum absolute atomic E-state index is 0.183. The van der Waals surface area contributed by atoms with Gasteiger partial charge >= 0.3 is 0 Å². The van der Waals surface area contributed by atoms with Gasteiger partial charge in [-0.3, -0.25) is 9.48 Å². The fourth-order valence-corrected chi connectivity index (χ4v) is 2.56. The number of hydrogen-bond acceptors (Lipinski definition) is 5. The molecule has 7 heteroatoms. The number of nitrogens with zero attached hydrogens (tertiary/aromatic N) is 4. The molecule has 0 atom stereocenters. The van der Waals surface area contributed by atoms with Gasteiger partial charge in [0.25, 0.3) is 5.91 Å². The zero-order chi connectivity index (χ0) is 16.5. The quantitative estimate of drug-likeness (QED) is 0.778.